The fraction of sp³-hybridized carbons (Fsp3) is 1.00. The number of ether oxygens (including phenoxy) is 2. The zero-order valence-corrected chi connectivity index (χ0v) is 9.42. The van der Waals surface area contributed by atoms with Gasteiger partial charge in [0.15, 0.2) is 6.29 Å². The van der Waals surface area contributed by atoms with Crippen molar-refractivity contribution in [3.05, 3.63) is 0 Å². The van der Waals surface area contributed by atoms with Crippen LogP contribution in [0.15, 0.2) is 0 Å². The van der Waals surface area contributed by atoms with Crippen LogP contribution in [0.5, 0.6) is 0 Å². The van der Waals surface area contributed by atoms with E-state index in [9.17, 15) is 15.3 Å². The predicted octanol–water partition coefficient (Wildman–Crippen LogP) is -2.82. The van der Waals surface area contributed by atoms with Gasteiger partial charge in [-0.1, -0.05) is 0 Å². The normalized spacial score (nSPS) is 39.2. The second-order valence-corrected chi connectivity index (χ2v) is 3.35. The lowest BCUT2D eigenvalue weighted by Crippen LogP contribution is -2.59. The van der Waals surface area contributed by atoms with Crippen molar-refractivity contribution in [2.24, 2.45) is 5.73 Å². The van der Waals surface area contributed by atoms with Crippen molar-refractivity contribution in [2.45, 2.75) is 30.7 Å². The van der Waals surface area contributed by atoms with E-state index in [0.717, 1.165) is 0 Å². The Labute approximate surface area is 99.2 Å². The molecule has 1 fully saturated rings. The van der Waals surface area contributed by atoms with Gasteiger partial charge in [0.05, 0.1) is 13.2 Å². The van der Waals surface area contributed by atoms with Crippen molar-refractivity contribution in [2.75, 3.05) is 19.8 Å². The number of aliphatic hydroxyl groups excluding tert-OH is 4. The summed E-state index contributed by atoms with van der Waals surface area (Å²) in [5.41, 5.74) is 5.19. The third-order valence-electron chi connectivity index (χ3n) is 2.27. The number of nitrogens with two attached hydrogens (primary N) is 1. The molecule has 0 spiro atoms. The predicted molar refractivity (Wildman–Crippen MR) is 56.0 cm³/mol. The van der Waals surface area contributed by atoms with E-state index in [4.69, 9.17) is 20.3 Å². The summed E-state index contributed by atoms with van der Waals surface area (Å²) < 4.78 is 9.89. The monoisotopic (exact) mass is 259 g/mol. The minimum Gasteiger partial charge on any atom is -0.394 e. The highest BCUT2D eigenvalue weighted by molar-refractivity contribution is 5.85. The van der Waals surface area contributed by atoms with Crippen LogP contribution in [0.4, 0.5) is 0 Å². The van der Waals surface area contributed by atoms with Gasteiger partial charge in [-0.25, -0.2) is 0 Å². The average molecular weight is 260 g/mol. The molecular formula is C8H18ClNO6. The van der Waals surface area contributed by atoms with Gasteiger partial charge in [0.25, 0.3) is 0 Å². The molecule has 1 rings (SSSR count). The minimum atomic E-state index is -1.38. The molecule has 8 heteroatoms. The largest absolute Gasteiger partial charge is 0.394 e. The first-order valence-corrected chi connectivity index (χ1v) is 4.74. The summed E-state index contributed by atoms with van der Waals surface area (Å²) >= 11 is 0. The quantitative estimate of drug-likeness (QED) is 0.369. The summed E-state index contributed by atoms with van der Waals surface area (Å²) in [5, 5.41) is 37.2. The maximum atomic E-state index is 9.57. The lowest BCUT2D eigenvalue weighted by Gasteiger charge is -2.39. The fourth-order valence-corrected chi connectivity index (χ4v) is 1.46. The first-order valence-electron chi connectivity index (χ1n) is 4.74. The molecule has 0 bridgehead atoms. The molecule has 0 unspecified atom stereocenters. The van der Waals surface area contributed by atoms with Crippen molar-refractivity contribution < 1.29 is 29.9 Å². The molecule has 16 heavy (non-hydrogen) atoms. The van der Waals surface area contributed by atoms with Crippen LogP contribution in [0.25, 0.3) is 0 Å². The second kappa shape index (κ2) is 7.36. The Balaban J connectivity index is 0.00000225. The standard InChI is InChI=1S/C8H17NO6.ClH/c9-1-2-14-7-6(12)5(11)4(3-10)15-8(7)13;/h4-8,10-13H,1-3,9H2;1H/t4-,5-,6+,7-,8-;/m1./s1. The molecule has 0 saturated carbocycles. The Bertz CT molecular complexity index is 197. The summed E-state index contributed by atoms with van der Waals surface area (Å²) in [6.45, 7) is -0.118. The molecule has 0 radical (unpaired) electrons. The van der Waals surface area contributed by atoms with Crippen molar-refractivity contribution in [1.29, 1.82) is 0 Å². The Morgan fingerprint density at radius 1 is 1.19 bits per heavy atom. The van der Waals surface area contributed by atoms with Gasteiger partial charge in [-0.15, -0.1) is 12.4 Å². The highest BCUT2D eigenvalue weighted by Gasteiger charge is 2.44. The lowest BCUT2D eigenvalue weighted by molar-refractivity contribution is -0.295. The number of hydrogen-bond acceptors (Lipinski definition) is 7. The van der Waals surface area contributed by atoms with Crippen molar-refractivity contribution in [3.63, 3.8) is 0 Å². The van der Waals surface area contributed by atoms with Gasteiger partial charge >= 0.3 is 0 Å². The third-order valence-corrected chi connectivity index (χ3v) is 2.27. The Morgan fingerprint density at radius 3 is 2.31 bits per heavy atom. The maximum absolute atomic E-state index is 9.57. The van der Waals surface area contributed by atoms with Crippen LogP contribution in [-0.4, -0.2) is 70.9 Å². The maximum Gasteiger partial charge on any atom is 0.184 e. The SMILES string of the molecule is Cl.NCCO[C@@H]1[C@@H](O)[C@H](O)[C@@H](CO)O[C@H]1O. The number of halogens is 1. The van der Waals surface area contributed by atoms with Crippen LogP contribution >= 0.6 is 12.4 Å². The van der Waals surface area contributed by atoms with E-state index in [2.05, 4.69) is 0 Å². The summed E-state index contributed by atoms with van der Waals surface area (Å²) in [6, 6.07) is 0. The highest BCUT2D eigenvalue weighted by Crippen LogP contribution is 2.21. The van der Waals surface area contributed by atoms with Gasteiger partial charge in [-0.05, 0) is 0 Å². The first kappa shape index (κ1) is 16.0. The molecule has 1 heterocycles. The van der Waals surface area contributed by atoms with Crippen LogP contribution in [0.2, 0.25) is 0 Å². The van der Waals surface area contributed by atoms with E-state index in [1.54, 1.807) is 0 Å². The van der Waals surface area contributed by atoms with Crippen molar-refractivity contribution in [1.82, 2.24) is 0 Å². The van der Waals surface area contributed by atoms with Crippen LogP contribution in [0, 0.1) is 0 Å². The second-order valence-electron chi connectivity index (χ2n) is 3.35. The van der Waals surface area contributed by atoms with Gasteiger partial charge in [-0.2, -0.15) is 0 Å². The topological polar surface area (TPSA) is 125 Å². The van der Waals surface area contributed by atoms with Crippen LogP contribution < -0.4 is 5.73 Å². The summed E-state index contributed by atoms with van der Waals surface area (Å²) in [6.07, 6.45) is -6.04. The molecule has 0 aromatic rings. The number of rotatable bonds is 4. The average Bonchev–Trinajstić information content (AvgIpc) is 2.23. The molecule has 7 nitrogen and oxygen atoms in total. The smallest absolute Gasteiger partial charge is 0.184 e. The van der Waals surface area contributed by atoms with Crippen molar-refractivity contribution >= 4 is 12.4 Å². The molecule has 5 atom stereocenters. The zero-order chi connectivity index (χ0) is 11.4. The number of aliphatic hydroxyl groups is 4. The molecule has 0 amide bonds. The van der Waals surface area contributed by atoms with E-state index in [1.165, 1.54) is 0 Å². The summed E-state index contributed by atoms with van der Waals surface area (Å²) in [7, 11) is 0. The molecule has 1 aliphatic heterocycles. The Kier molecular flexibility index (Phi) is 7.36. The van der Waals surface area contributed by atoms with Crippen molar-refractivity contribution in [3.8, 4) is 0 Å². The van der Waals surface area contributed by atoms with Gasteiger partial charge in [0, 0.05) is 6.54 Å². The van der Waals surface area contributed by atoms with E-state index in [1.807, 2.05) is 0 Å². The molecule has 0 aromatic carbocycles. The Morgan fingerprint density at radius 2 is 1.81 bits per heavy atom. The summed E-state index contributed by atoms with van der Waals surface area (Å²) in [5.74, 6) is 0. The minimum absolute atomic E-state index is 0. The zero-order valence-electron chi connectivity index (χ0n) is 8.60. The first-order chi connectivity index (χ1) is 7.11. The fourth-order valence-electron chi connectivity index (χ4n) is 1.46. The van der Waals surface area contributed by atoms with E-state index >= 15 is 0 Å². The number of hydrogen-bond donors (Lipinski definition) is 5. The van der Waals surface area contributed by atoms with E-state index < -0.39 is 37.3 Å². The Hall–Kier alpha value is 0.01000. The van der Waals surface area contributed by atoms with Gasteiger partial charge < -0.3 is 35.6 Å². The molecular weight excluding hydrogens is 242 g/mol. The molecule has 0 aliphatic carbocycles. The molecule has 6 N–H and O–H groups in total. The molecule has 0 aromatic heterocycles. The third kappa shape index (κ3) is 3.51. The van der Waals surface area contributed by atoms with Gasteiger partial charge in [-0.3, -0.25) is 0 Å². The summed E-state index contributed by atoms with van der Waals surface area (Å²) in [4.78, 5) is 0. The lowest BCUT2D eigenvalue weighted by atomic mass is 9.99. The van der Waals surface area contributed by atoms with E-state index in [-0.39, 0.29) is 25.6 Å². The van der Waals surface area contributed by atoms with Gasteiger partial charge in [0.1, 0.15) is 24.4 Å². The molecule has 1 aliphatic rings. The molecule has 1 saturated heterocycles. The van der Waals surface area contributed by atoms with Gasteiger partial charge in [0.2, 0.25) is 0 Å². The van der Waals surface area contributed by atoms with Crippen LogP contribution in [0.1, 0.15) is 0 Å². The van der Waals surface area contributed by atoms with Crippen LogP contribution in [-0.2, 0) is 9.47 Å². The molecule has 98 valence electrons. The van der Waals surface area contributed by atoms with E-state index in [0.29, 0.717) is 0 Å². The highest BCUT2D eigenvalue weighted by atomic mass is 35.5. The van der Waals surface area contributed by atoms with Crippen LogP contribution in [0.3, 0.4) is 0 Å².